The predicted octanol–water partition coefficient (Wildman–Crippen LogP) is 1.44. The molecule has 0 aromatic heterocycles. The molecule has 2 aliphatic rings. The van der Waals surface area contributed by atoms with Crippen molar-refractivity contribution >= 4 is 23.6 Å². The summed E-state index contributed by atoms with van der Waals surface area (Å²) in [6.07, 6.45) is 1.52. The molecule has 144 valence electrons. The van der Waals surface area contributed by atoms with Gasteiger partial charge >= 0.3 is 0 Å². The maximum absolute atomic E-state index is 12.3. The minimum atomic E-state index is -0.344. The lowest BCUT2D eigenvalue weighted by molar-refractivity contribution is -0.135. The highest BCUT2D eigenvalue weighted by Gasteiger charge is 2.35. The summed E-state index contributed by atoms with van der Waals surface area (Å²) in [7, 11) is 0. The lowest BCUT2D eigenvalue weighted by Crippen LogP contribution is -2.48. The average molecular weight is 371 g/mol. The molecule has 0 radical (unpaired) electrons. The molecule has 4 amide bonds. The number of carbonyl (C=O) groups is 4. The van der Waals surface area contributed by atoms with E-state index in [0.29, 0.717) is 24.2 Å². The standard InChI is InChI=1S/C20H25N3O4/c1-13(2)18(25)22-10-7-14(8-11-22)21-17(24)9-12-23-19(26)15-5-3-4-6-16(15)20(23)27/h3-6,13-14H,7-12H2,1-2H3,(H,21,24). The third-order valence-corrected chi connectivity index (χ3v) is 5.11. The maximum Gasteiger partial charge on any atom is 0.261 e. The first-order valence-electron chi connectivity index (χ1n) is 9.42. The van der Waals surface area contributed by atoms with E-state index >= 15 is 0 Å². The molecule has 7 nitrogen and oxygen atoms in total. The van der Waals surface area contributed by atoms with Crippen molar-refractivity contribution in [1.29, 1.82) is 0 Å². The summed E-state index contributed by atoms with van der Waals surface area (Å²) in [5, 5.41) is 2.96. The molecule has 1 aromatic carbocycles. The zero-order valence-corrected chi connectivity index (χ0v) is 15.7. The first kappa shape index (κ1) is 19.1. The lowest BCUT2D eigenvalue weighted by atomic mass is 10.0. The first-order chi connectivity index (χ1) is 12.9. The second kappa shape index (κ2) is 7.90. The summed E-state index contributed by atoms with van der Waals surface area (Å²) < 4.78 is 0. The minimum Gasteiger partial charge on any atom is -0.353 e. The van der Waals surface area contributed by atoms with Crippen LogP contribution in [0.1, 0.15) is 53.8 Å². The number of carbonyl (C=O) groups excluding carboxylic acids is 4. The van der Waals surface area contributed by atoms with Gasteiger partial charge in [0.05, 0.1) is 11.1 Å². The number of hydrogen-bond donors (Lipinski definition) is 1. The second-order valence-corrected chi connectivity index (χ2v) is 7.38. The van der Waals surface area contributed by atoms with E-state index in [1.807, 2.05) is 18.7 Å². The summed E-state index contributed by atoms with van der Waals surface area (Å²) in [5.41, 5.74) is 0.787. The van der Waals surface area contributed by atoms with Crippen LogP contribution >= 0.6 is 0 Å². The van der Waals surface area contributed by atoms with Crippen LogP contribution in [0.4, 0.5) is 0 Å². The average Bonchev–Trinajstić information content (AvgIpc) is 2.91. The number of likely N-dealkylation sites (tertiary alicyclic amines) is 1. The number of nitrogens with one attached hydrogen (secondary N) is 1. The molecule has 2 aliphatic heterocycles. The number of benzene rings is 1. The molecule has 3 rings (SSSR count). The highest BCUT2D eigenvalue weighted by molar-refractivity contribution is 6.21. The predicted molar refractivity (Wildman–Crippen MR) is 99.0 cm³/mol. The minimum absolute atomic E-state index is 0.0178. The van der Waals surface area contributed by atoms with Crippen LogP contribution < -0.4 is 5.32 Å². The molecule has 0 aliphatic carbocycles. The smallest absolute Gasteiger partial charge is 0.261 e. The van der Waals surface area contributed by atoms with E-state index in [4.69, 9.17) is 0 Å². The molecule has 1 saturated heterocycles. The van der Waals surface area contributed by atoms with Gasteiger partial charge in [-0.05, 0) is 25.0 Å². The van der Waals surface area contributed by atoms with E-state index in [-0.39, 0.29) is 48.6 Å². The second-order valence-electron chi connectivity index (χ2n) is 7.38. The van der Waals surface area contributed by atoms with E-state index in [1.54, 1.807) is 24.3 Å². The van der Waals surface area contributed by atoms with Crippen LogP contribution in [0.5, 0.6) is 0 Å². The van der Waals surface area contributed by atoms with Gasteiger partial charge in [-0.2, -0.15) is 0 Å². The largest absolute Gasteiger partial charge is 0.353 e. The molecule has 0 saturated carbocycles. The summed E-state index contributed by atoms with van der Waals surface area (Å²) in [6, 6.07) is 6.72. The first-order valence-corrected chi connectivity index (χ1v) is 9.42. The zero-order valence-electron chi connectivity index (χ0n) is 15.7. The number of nitrogens with zero attached hydrogens (tertiary/aromatic N) is 2. The molecule has 1 N–H and O–H groups in total. The van der Waals surface area contributed by atoms with Crippen molar-refractivity contribution in [3.8, 4) is 0 Å². The van der Waals surface area contributed by atoms with Crippen LogP contribution in [0.15, 0.2) is 24.3 Å². The van der Waals surface area contributed by atoms with Gasteiger partial charge in [-0.25, -0.2) is 0 Å². The maximum atomic E-state index is 12.3. The molecule has 27 heavy (non-hydrogen) atoms. The normalized spacial score (nSPS) is 17.4. The Kier molecular flexibility index (Phi) is 5.58. The summed E-state index contributed by atoms with van der Waals surface area (Å²) in [6.45, 7) is 5.12. The number of hydrogen-bond acceptors (Lipinski definition) is 4. The molecule has 0 bridgehead atoms. The highest BCUT2D eigenvalue weighted by Crippen LogP contribution is 2.22. The Morgan fingerprint density at radius 3 is 2.15 bits per heavy atom. The molecule has 0 unspecified atom stereocenters. The van der Waals surface area contributed by atoms with Crippen molar-refractivity contribution < 1.29 is 19.2 Å². The Bertz CT molecular complexity index is 731. The molecular weight excluding hydrogens is 346 g/mol. The summed E-state index contributed by atoms with van der Waals surface area (Å²) in [5.74, 6) is -0.741. The fourth-order valence-electron chi connectivity index (χ4n) is 3.56. The van der Waals surface area contributed by atoms with Gasteiger partial charge < -0.3 is 10.2 Å². The van der Waals surface area contributed by atoms with Crippen molar-refractivity contribution in [2.24, 2.45) is 5.92 Å². The number of amides is 4. The van der Waals surface area contributed by atoms with Crippen LogP contribution in [-0.4, -0.2) is 59.1 Å². The van der Waals surface area contributed by atoms with Crippen molar-refractivity contribution in [3.05, 3.63) is 35.4 Å². The van der Waals surface area contributed by atoms with Gasteiger partial charge in [0.15, 0.2) is 0 Å². The monoisotopic (exact) mass is 371 g/mol. The number of rotatable bonds is 5. The Morgan fingerprint density at radius 2 is 1.63 bits per heavy atom. The third-order valence-electron chi connectivity index (χ3n) is 5.11. The summed E-state index contributed by atoms with van der Waals surface area (Å²) in [4.78, 5) is 51.8. The van der Waals surface area contributed by atoms with Gasteiger partial charge in [-0.1, -0.05) is 26.0 Å². The quantitative estimate of drug-likeness (QED) is 0.794. The van der Waals surface area contributed by atoms with E-state index in [0.717, 1.165) is 17.7 Å². The summed E-state index contributed by atoms with van der Waals surface area (Å²) >= 11 is 0. The Hall–Kier alpha value is -2.70. The van der Waals surface area contributed by atoms with Crippen molar-refractivity contribution in [3.63, 3.8) is 0 Å². The molecule has 7 heteroatoms. The van der Waals surface area contributed by atoms with E-state index in [1.165, 1.54) is 0 Å². The molecule has 2 heterocycles. The van der Waals surface area contributed by atoms with Crippen LogP contribution in [-0.2, 0) is 9.59 Å². The Balaban J connectivity index is 1.46. The van der Waals surface area contributed by atoms with Gasteiger partial charge in [0.2, 0.25) is 11.8 Å². The van der Waals surface area contributed by atoms with E-state index in [2.05, 4.69) is 5.32 Å². The lowest BCUT2D eigenvalue weighted by Gasteiger charge is -2.33. The van der Waals surface area contributed by atoms with Gasteiger partial charge in [0.25, 0.3) is 11.8 Å². The van der Waals surface area contributed by atoms with Gasteiger partial charge in [0.1, 0.15) is 0 Å². The van der Waals surface area contributed by atoms with Crippen LogP contribution in [0, 0.1) is 5.92 Å². The van der Waals surface area contributed by atoms with E-state index in [9.17, 15) is 19.2 Å². The third kappa shape index (κ3) is 4.02. The van der Waals surface area contributed by atoms with Crippen LogP contribution in [0.2, 0.25) is 0 Å². The number of fused-ring (bicyclic) bond motifs is 1. The molecule has 0 atom stereocenters. The SMILES string of the molecule is CC(C)C(=O)N1CCC(NC(=O)CCN2C(=O)c3ccccc3C2=O)CC1. The molecular formula is C20H25N3O4. The van der Waals surface area contributed by atoms with E-state index < -0.39 is 0 Å². The van der Waals surface area contributed by atoms with Gasteiger partial charge in [-0.3, -0.25) is 24.1 Å². The van der Waals surface area contributed by atoms with Gasteiger partial charge in [0, 0.05) is 38.0 Å². The fraction of sp³-hybridized carbons (Fsp3) is 0.500. The fourth-order valence-corrected chi connectivity index (χ4v) is 3.56. The molecule has 0 spiro atoms. The molecule has 1 fully saturated rings. The molecule has 1 aromatic rings. The number of imide groups is 1. The van der Waals surface area contributed by atoms with Crippen molar-refractivity contribution in [1.82, 2.24) is 15.1 Å². The Labute approximate surface area is 158 Å². The Morgan fingerprint density at radius 1 is 1.07 bits per heavy atom. The van der Waals surface area contributed by atoms with Gasteiger partial charge in [-0.15, -0.1) is 0 Å². The zero-order chi connectivity index (χ0) is 19.6. The topological polar surface area (TPSA) is 86.8 Å². The van der Waals surface area contributed by atoms with Crippen molar-refractivity contribution in [2.45, 2.75) is 39.2 Å². The highest BCUT2D eigenvalue weighted by atomic mass is 16.2. The van der Waals surface area contributed by atoms with Crippen molar-refractivity contribution in [2.75, 3.05) is 19.6 Å². The number of piperidine rings is 1. The van der Waals surface area contributed by atoms with Crippen LogP contribution in [0.25, 0.3) is 0 Å². The van der Waals surface area contributed by atoms with Crippen LogP contribution in [0.3, 0.4) is 0 Å².